The van der Waals surface area contributed by atoms with Crippen LogP contribution in [0.3, 0.4) is 0 Å². The summed E-state index contributed by atoms with van der Waals surface area (Å²) in [5.41, 5.74) is -0.0328. The first-order chi connectivity index (χ1) is 6.65. The second-order valence-corrected chi connectivity index (χ2v) is 3.19. The Morgan fingerprint density at radius 1 is 1.64 bits per heavy atom. The van der Waals surface area contributed by atoms with Gasteiger partial charge in [0.1, 0.15) is 22.8 Å². The lowest BCUT2D eigenvalue weighted by atomic mass is 10.1. The zero-order valence-electron chi connectivity index (χ0n) is 7.70. The van der Waals surface area contributed by atoms with Gasteiger partial charge in [0, 0.05) is 20.1 Å². The van der Waals surface area contributed by atoms with Crippen molar-refractivity contribution in [3.8, 4) is 0 Å². The minimum absolute atomic E-state index is 0.0328. The summed E-state index contributed by atoms with van der Waals surface area (Å²) in [6, 6.07) is 2.52. The molecule has 1 atom stereocenters. The van der Waals surface area contributed by atoms with Crippen molar-refractivity contribution in [3.05, 3.63) is 28.8 Å². The molecule has 0 bridgehead atoms. The first kappa shape index (κ1) is 11.4. The quantitative estimate of drug-likeness (QED) is 0.787. The van der Waals surface area contributed by atoms with Gasteiger partial charge in [-0.05, 0) is 12.1 Å². The molecule has 0 aliphatic rings. The lowest BCUT2D eigenvalue weighted by molar-refractivity contribution is 0.105. The SMILES string of the molecule is COCCC(O)c1nc(Cl)ccc1F. The molecular formula is C9H11ClFNO2. The second-order valence-electron chi connectivity index (χ2n) is 2.80. The highest BCUT2D eigenvalue weighted by Gasteiger charge is 2.14. The van der Waals surface area contributed by atoms with Crippen LogP contribution in [-0.2, 0) is 4.74 Å². The van der Waals surface area contributed by atoms with Crippen LogP contribution in [0.2, 0.25) is 5.15 Å². The van der Waals surface area contributed by atoms with Crippen LogP contribution in [0.5, 0.6) is 0 Å². The van der Waals surface area contributed by atoms with Gasteiger partial charge in [-0.2, -0.15) is 0 Å². The zero-order valence-corrected chi connectivity index (χ0v) is 8.46. The van der Waals surface area contributed by atoms with Gasteiger partial charge in [0.05, 0.1) is 0 Å². The van der Waals surface area contributed by atoms with Crippen LogP contribution in [0.4, 0.5) is 4.39 Å². The van der Waals surface area contributed by atoms with E-state index in [1.165, 1.54) is 19.2 Å². The second kappa shape index (κ2) is 5.24. The van der Waals surface area contributed by atoms with E-state index in [-0.39, 0.29) is 10.8 Å². The molecule has 0 saturated heterocycles. The standard InChI is InChI=1S/C9H11ClFNO2/c1-14-5-4-7(13)9-6(11)2-3-8(10)12-9/h2-3,7,13H,4-5H2,1H3. The zero-order chi connectivity index (χ0) is 10.6. The van der Waals surface area contributed by atoms with E-state index in [2.05, 4.69) is 4.98 Å². The number of nitrogens with zero attached hydrogens (tertiary/aromatic N) is 1. The molecule has 0 aliphatic carbocycles. The number of aromatic nitrogens is 1. The summed E-state index contributed by atoms with van der Waals surface area (Å²) in [5, 5.41) is 9.68. The maximum absolute atomic E-state index is 13.1. The fourth-order valence-corrected chi connectivity index (χ4v) is 1.19. The van der Waals surface area contributed by atoms with E-state index in [1.54, 1.807) is 0 Å². The van der Waals surface area contributed by atoms with E-state index >= 15 is 0 Å². The smallest absolute Gasteiger partial charge is 0.147 e. The molecule has 1 aromatic rings. The molecule has 0 aromatic carbocycles. The maximum atomic E-state index is 13.1. The van der Waals surface area contributed by atoms with E-state index in [4.69, 9.17) is 16.3 Å². The summed E-state index contributed by atoms with van der Waals surface area (Å²) in [6.45, 7) is 0.342. The minimum Gasteiger partial charge on any atom is -0.387 e. The van der Waals surface area contributed by atoms with Crippen LogP contribution in [-0.4, -0.2) is 23.8 Å². The number of pyridine rings is 1. The highest BCUT2D eigenvalue weighted by Crippen LogP contribution is 2.19. The molecule has 0 radical (unpaired) electrons. The number of ether oxygens (including phenoxy) is 1. The molecule has 1 aromatic heterocycles. The Morgan fingerprint density at radius 3 is 3.00 bits per heavy atom. The molecule has 1 N–H and O–H groups in total. The molecule has 5 heteroatoms. The molecule has 0 spiro atoms. The third kappa shape index (κ3) is 2.90. The molecular weight excluding hydrogens is 209 g/mol. The number of hydrogen-bond donors (Lipinski definition) is 1. The third-order valence-electron chi connectivity index (χ3n) is 1.75. The van der Waals surface area contributed by atoms with Crippen LogP contribution in [0.25, 0.3) is 0 Å². The lowest BCUT2D eigenvalue weighted by Gasteiger charge is -2.10. The minimum atomic E-state index is -0.978. The molecule has 0 aliphatic heterocycles. The summed E-state index contributed by atoms with van der Waals surface area (Å²) in [6.07, 6.45) is -0.686. The van der Waals surface area contributed by atoms with Crippen molar-refractivity contribution in [2.75, 3.05) is 13.7 Å². The topological polar surface area (TPSA) is 42.4 Å². The highest BCUT2D eigenvalue weighted by molar-refractivity contribution is 6.29. The maximum Gasteiger partial charge on any atom is 0.147 e. The van der Waals surface area contributed by atoms with E-state index in [0.717, 1.165) is 0 Å². The van der Waals surface area contributed by atoms with E-state index < -0.39 is 11.9 Å². The Hall–Kier alpha value is -0.710. The Morgan fingerprint density at radius 2 is 2.36 bits per heavy atom. The molecule has 1 unspecified atom stereocenters. The molecule has 0 saturated carbocycles. The van der Waals surface area contributed by atoms with Gasteiger partial charge < -0.3 is 9.84 Å². The molecule has 3 nitrogen and oxygen atoms in total. The van der Waals surface area contributed by atoms with E-state index in [0.29, 0.717) is 13.0 Å². The van der Waals surface area contributed by atoms with Gasteiger partial charge in [0.15, 0.2) is 0 Å². The average Bonchev–Trinajstić information content (AvgIpc) is 2.18. The van der Waals surface area contributed by atoms with Gasteiger partial charge in [-0.15, -0.1) is 0 Å². The first-order valence-electron chi connectivity index (χ1n) is 4.14. The third-order valence-corrected chi connectivity index (χ3v) is 1.96. The van der Waals surface area contributed by atoms with Gasteiger partial charge in [-0.25, -0.2) is 9.37 Å². The molecule has 1 rings (SSSR count). The highest BCUT2D eigenvalue weighted by atomic mass is 35.5. The molecule has 14 heavy (non-hydrogen) atoms. The van der Waals surface area contributed by atoms with Crippen LogP contribution in [0.15, 0.2) is 12.1 Å². The molecule has 78 valence electrons. The van der Waals surface area contributed by atoms with Gasteiger partial charge in [-0.3, -0.25) is 0 Å². The van der Waals surface area contributed by atoms with Crippen LogP contribution in [0.1, 0.15) is 18.2 Å². The van der Waals surface area contributed by atoms with E-state index in [1.807, 2.05) is 0 Å². The van der Waals surface area contributed by atoms with Crippen molar-refractivity contribution in [1.29, 1.82) is 0 Å². The van der Waals surface area contributed by atoms with Crippen molar-refractivity contribution in [1.82, 2.24) is 4.98 Å². The monoisotopic (exact) mass is 219 g/mol. The van der Waals surface area contributed by atoms with Gasteiger partial charge in [0.2, 0.25) is 0 Å². The Kier molecular flexibility index (Phi) is 4.25. The van der Waals surface area contributed by atoms with Crippen molar-refractivity contribution in [3.63, 3.8) is 0 Å². The predicted molar refractivity (Wildman–Crippen MR) is 50.7 cm³/mol. The Balaban J connectivity index is 2.77. The van der Waals surface area contributed by atoms with Gasteiger partial charge in [-0.1, -0.05) is 11.6 Å². The largest absolute Gasteiger partial charge is 0.387 e. The van der Waals surface area contributed by atoms with Crippen LogP contribution >= 0.6 is 11.6 Å². The number of aliphatic hydroxyl groups is 1. The average molecular weight is 220 g/mol. The van der Waals surface area contributed by atoms with Gasteiger partial charge in [0.25, 0.3) is 0 Å². The number of hydrogen-bond acceptors (Lipinski definition) is 3. The summed E-state index contributed by atoms with van der Waals surface area (Å²) >= 11 is 5.57. The Bertz CT molecular complexity index is 309. The summed E-state index contributed by atoms with van der Waals surface area (Å²) in [5.74, 6) is -0.557. The summed E-state index contributed by atoms with van der Waals surface area (Å²) in [7, 11) is 1.51. The molecule has 0 amide bonds. The van der Waals surface area contributed by atoms with Crippen LogP contribution < -0.4 is 0 Å². The first-order valence-corrected chi connectivity index (χ1v) is 4.52. The normalized spacial score (nSPS) is 12.9. The van der Waals surface area contributed by atoms with Crippen molar-refractivity contribution < 1.29 is 14.2 Å². The Labute approximate surface area is 86.5 Å². The summed E-state index contributed by atoms with van der Waals surface area (Å²) < 4.78 is 17.9. The van der Waals surface area contributed by atoms with Crippen molar-refractivity contribution >= 4 is 11.6 Å². The fourth-order valence-electron chi connectivity index (χ4n) is 1.03. The van der Waals surface area contributed by atoms with Gasteiger partial charge >= 0.3 is 0 Å². The van der Waals surface area contributed by atoms with Crippen molar-refractivity contribution in [2.24, 2.45) is 0 Å². The summed E-state index contributed by atoms with van der Waals surface area (Å²) in [4.78, 5) is 3.71. The number of methoxy groups -OCH3 is 1. The number of aliphatic hydroxyl groups excluding tert-OH is 1. The molecule has 0 fully saturated rings. The number of halogens is 2. The predicted octanol–water partition coefficient (Wildman–Crippen LogP) is 1.94. The molecule has 1 heterocycles. The van der Waals surface area contributed by atoms with Crippen LogP contribution in [0, 0.1) is 5.82 Å². The van der Waals surface area contributed by atoms with Crippen molar-refractivity contribution in [2.45, 2.75) is 12.5 Å². The van der Waals surface area contributed by atoms with E-state index in [9.17, 15) is 9.50 Å². The fraction of sp³-hybridized carbons (Fsp3) is 0.444. The lowest BCUT2D eigenvalue weighted by Crippen LogP contribution is -2.06. The number of rotatable bonds is 4.